The molecule has 0 aromatic carbocycles. The van der Waals surface area contributed by atoms with Crippen molar-refractivity contribution >= 4 is 16.5 Å². The van der Waals surface area contributed by atoms with E-state index in [4.69, 9.17) is 0 Å². The van der Waals surface area contributed by atoms with Crippen LogP contribution in [0.2, 0.25) is 0 Å². The third-order valence-corrected chi connectivity index (χ3v) is 4.75. The number of nitrogens with one attached hydrogen (secondary N) is 1. The number of anilines is 1. The van der Waals surface area contributed by atoms with E-state index in [1.165, 1.54) is 23.0 Å². The Hall–Kier alpha value is -0.610. The van der Waals surface area contributed by atoms with Gasteiger partial charge in [-0.25, -0.2) is 4.98 Å². The maximum Gasteiger partial charge on any atom is 0.185 e. The summed E-state index contributed by atoms with van der Waals surface area (Å²) in [5.74, 6) is 1.64. The number of nitrogens with zero attached hydrogens (tertiary/aromatic N) is 2. The second kappa shape index (κ2) is 5.83. The molecular formula is C13H23N3S. The van der Waals surface area contributed by atoms with Crippen molar-refractivity contribution in [1.82, 2.24) is 10.3 Å². The molecule has 0 aliphatic carbocycles. The second-order valence-corrected chi connectivity index (χ2v) is 6.17. The van der Waals surface area contributed by atoms with Crippen molar-refractivity contribution in [2.75, 3.05) is 24.5 Å². The van der Waals surface area contributed by atoms with Crippen LogP contribution in [-0.2, 0) is 6.54 Å². The molecule has 4 heteroatoms. The maximum absolute atomic E-state index is 4.56. The van der Waals surface area contributed by atoms with Gasteiger partial charge >= 0.3 is 0 Å². The van der Waals surface area contributed by atoms with Crippen LogP contribution in [0.5, 0.6) is 0 Å². The summed E-state index contributed by atoms with van der Waals surface area (Å²) in [6.07, 6.45) is 3.31. The monoisotopic (exact) mass is 253 g/mol. The summed E-state index contributed by atoms with van der Waals surface area (Å²) in [4.78, 5) is 8.35. The van der Waals surface area contributed by atoms with E-state index in [0.29, 0.717) is 0 Å². The molecule has 0 radical (unpaired) electrons. The standard InChI is InChI=1S/C13H23N3S/c1-4-14-7-12-8-15-13(17-12)16-6-5-10(2)11(3)9-16/h8,10-11,14H,4-7,9H2,1-3H3. The summed E-state index contributed by atoms with van der Waals surface area (Å²) in [5.41, 5.74) is 0. The lowest BCUT2D eigenvalue weighted by molar-refractivity contribution is 0.324. The third-order valence-electron chi connectivity index (χ3n) is 3.70. The normalized spacial score (nSPS) is 25.2. The van der Waals surface area contributed by atoms with E-state index in [2.05, 4.69) is 36.0 Å². The van der Waals surface area contributed by atoms with Crippen LogP contribution in [0.1, 0.15) is 32.1 Å². The molecule has 1 aromatic heterocycles. The number of hydrogen-bond acceptors (Lipinski definition) is 4. The highest BCUT2D eigenvalue weighted by atomic mass is 32.1. The number of hydrogen-bond donors (Lipinski definition) is 1. The molecule has 2 unspecified atom stereocenters. The highest BCUT2D eigenvalue weighted by Crippen LogP contribution is 2.29. The fraction of sp³-hybridized carbons (Fsp3) is 0.769. The van der Waals surface area contributed by atoms with Crippen molar-refractivity contribution in [3.63, 3.8) is 0 Å². The van der Waals surface area contributed by atoms with Gasteiger partial charge in [0.15, 0.2) is 5.13 Å². The van der Waals surface area contributed by atoms with E-state index >= 15 is 0 Å². The van der Waals surface area contributed by atoms with Crippen LogP contribution in [0.4, 0.5) is 5.13 Å². The minimum absolute atomic E-state index is 0.782. The van der Waals surface area contributed by atoms with Crippen LogP contribution < -0.4 is 10.2 Å². The topological polar surface area (TPSA) is 28.2 Å². The number of thiazole rings is 1. The van der Waals surface area contributed by atoms with Gasteiger partial charge < -0.3 is 10.2 Å². The summed E-state index contributed by atoms with van der Waals surface area (Å²) in [7, 11) is 0. The second-order valence-electron chi connectivity index (χ2n) is 5.08. The van der Waals surface area contributed by atoms with Crippen molar-refractivity contribution in [1.29, 1.82) is 0 Å². The van der Waals surface area contributed by atoms with E-state index < -0.39 is 0 Å². The quantitative estimate of drug-likeness (QED) is 0.894. The summed E-state index contributed by atoms with van der Waals surface area (Å²) >= 11 is 1.83. The minimum Gasteiger partial charge on any atom is -0.348 e. The number of aromatic nitrogens is 1. The lowest BCUT2D eigenvalue weighted by Crippen LogP contribution is -2.38. The average molecular weight is 253 g/mol. The molecule has 2 rings (SSSR count). The zero-order valence-electron chi connectivity index (χ0n) is 11.1. The van der Waals surface area contributed by atoms with E-state index in [9.17, 15) is 0 Å². The lowest BCUT2D eigenvalue weighted by atomic mass is 9.89. The molecular weight excluding hydrogens is 230 g/mol. The first-order chi connectivity index (χ1) is 8.20. The molecule has 0 amide bonds. The highest BCUT2D eigenvalue weighted by molar-refractivity contribution is 7.15. The number of rotatable bonds is 4. The largest absolute Gasteiger partial charge is 0.348 e. The van der Waals surface area contributed by atoms with E-state index in [0.717, 1.165) is 31.5 Å². The van der Waals surface area contributed by atoms with Gasteiger partial charge in [0.05, 0.1) is 0 Å². The van der Waals surface area contributed by atoms with E-state index in [-0.39, 0.29) is 0 Å². The Kier molecular flexibility index (Phi) is 4.40. The SMILES string of the molecule is CCNCc1cnc(N2CCC(C)C(C)C2)s1. The Morgan fingerprint density at radius 1 is 1.47 bits per heavy atom. The first kappa shape index (κ1) is 12.8. The third kappa shape index (κ3) is 3.19. The molecule has 0 bridgehead atoms. The smallest absolute Gasteiger partial charge is 0.185 e. The molecule has 1 aliphatic heterocycles. The van der Waals surface area contributed by atoms with Gasteiger partial charge in [0.1, 0.15) is 0 Å². The molecule has 17 heavy (non-hydrogen) atoms. The molecule has 1 saturated heterocycles. The van der Waals surface area contributed by atoms with Crippen molar-refractivity contribution in [3.8, 4) is 0 Å². The van der Waals surface area contributed by atoms with Gasteiger partial charge in [-0.15, -0.1) is 11.3 Å². The van der Waals surface area contributed by atoms with Crippen LogP contribution in [0, 0.1) is 11.8 Å². The van der Waals surface area contributed by atoms with E-state index in [1.807, 2.05) is 17.5 Å². The zero-order chi connectivity index (χ0) is 12.3. The molecule has 2 heterocycles. The van der Waals surface area contributed by atoms with Crippen molar-refractivity contribution in [2.24, 2.45) is 11.8 Å². The van der Waals surface area contributed by atoms with Crippen LogP contribution in [0.25, 0.3) is 0 Å². The summed E-state index contributed by atoms with van der Waals surface area (Å²) in [5, 5.41) is 4.55. The number of piperidine rings is 1. The summed E-state index contributed by atoms with van der Waals surface area (Å²) in [6.45, 7) is 11.1. The Bertz CT molecular complexity index is 350. The van der Waals surface area contributed by atoms with Crippen molar-refractivity contribution in [2.45, 2.75) is 33.7 Å². The predicted molar refractivity (Wildman–Crippen MR) is 74.7 cm³/mol. The lowest BCUT2D eigenvalue weighted by Gasteiger charge is -2.35. The first-order valence-corrected chi connectivity index (χ1v) is 7.42. The van der Waals surface area contributed by atoms with Gasteiger partial charge in [-0.2, -0.15) is 0 Å². The van der Waals surface area contributed by atoms with Gasteiger partial charge in [0, 0.05) is 30.7 Å². The predicted octanol–water partition coefficient (Wildman–Crippen LogP) is 2.73. The fourth-order valence-electron chi connectivity index (χ4n) is 2.21. The summed E-state index contributed by atoms with van der Waals surface area (Å²) in [6, 6.07) is 0. The van der Waals surface area contributed by atoms with Crippen molar-refractivity contribution < 1.29 is 0 Å². The molecule has 3 nitrogen and oxygen atoms in total. The maximum atomic E-state index is 4.56. The molecule has 1 fully saturated rings. The Labute approximate surface area is 108 Å². The average Bonchev–Trinajstić information content (AvgIpc) is 2.79. The Balaban J connectivity index is 1.95. The fourth-order valence-corrected chi connectivity index (χ4v) is 3.12. The highest BCUT2D eigenvalue weighted by Gasteiger charge is 2.24. The molecule has 96 valence electrons. The Morgan fingerprint density at radius 2 is 2.29 bits per heavy atom. The van der Waals surface area contributed by atoms with Gasteiger partial charge in [-0.05, 0) is 24.8 Å². The summed E-state index contributed by atoms with van der Waals surface area (Å²) < 4.78 is 0. The molecule has 1 N–H and O–H groups in total. The van der Waals surface area contributed by atoms with Crippen LogP contribution in [-0.4, -0.2) is 24.6 Å². The zero-order valence-corrected chi connectivity index (χ0v) is 11.9. The molecule has 0 spiro atoms. The first-order valence-electron chi connectivity index (χ1n) is 6.61. The van der Waals surface area contributed by atoms with Gasteiger partial charge in [-0.3, -0.25) is 0 Å². The minimum atomic E-state index is 0.782. The van der Waals surface area contributed by atoms with Gasteiger partial charge in [0.25, 0.3) is 0 Å². The van der Waals surface area contributed by atoms with E-state index in [1.54, 1.807) is 0 Å². The molecule has 2 atom stereocenters. The van der Waals surface area contributed by atoms with Gasteiger partial charge in [0.2, 0.25) is 0 Å². The molecule has 1 aliphatic rings. The van der Waals surface area contributed by atoms with Crippen LogP contribution in [0.15, 0.2) is 6.20 Å². The van der Waals surface area contributed by atoms with Crippen LogP contribution in [0.3, 0.4) is 0 Å². The Morgan fingerprint density at radius 3 is 3.00 bits per heavy atom. The molecule has 0 saturated carbocycles. The van der Waals surface area contributed by atoms with Crippen molar-refractivity contribution in [3.05, 3.63) is 11.1 Å². The van der Waals surface area contributed by atoms with Crippen LogP contribution >= 0.6 is 11.3 Å². The van der Waals surface area contributed by atoms with Gasteiger partial charge in [-0.1, -0.05) is 20.8 Å². The molecule has 1 aromatic rings.